The van der Waals surface area contributed by atoms with Gasteiger partial charge in [0.2, 0.25) is 5.91 Å². The number of carbonyl (C=O) groups excluding carboxylic acids is 1. The second kappa shape index (κ2) is 12.2. The number of aromatic nitrogens is 3. The molecule has 1 saturated carbocycles. The minimum absolute atomic E-state index is 0.00873. The monoisotopic (exact) mass is 540 g/mol. The Morgan fingerprint density at radius 2 is 2.00 bits per heavy atom. The summed E-state index contributed by atoms with van der Waals surface area (Å²) in [4.78, 5) is 16.4. The molecule has 13 heteroatoms. The lowest BCUT2D eigenvalue weighted by Gasteiger charge is -2.23. The van der Waals surface area contributed by atoms with Gasteiger partial charge >= 0.3 is 6.18 Å². The molecule has 3 rings (SSSR count). The molecular weight excluding hydrogens is 516 g/mol. The van der Waals surface area contributed by atoms with Crippen LogP contribution in [0.1, 0.15) is 31.4 Å². The van der Waals surface area contributed by atoms with Crippen LogP contribution in [0.4, 0.5) is 40.6 Å². The van der Waals surface area contributed by atoms with Gasteiger partial charge in [-0.1, -0.05) is 31.2 Å². The van der Waals surface area contributed by atoms with E-state index in [0.717, 1.165) is 19.3 Å². The normalized spacial score (nSPS) is 14.9. The van der Waals surface area contributed by atoms with Gasteiger partial charge in [0.1, 0.15) is 11.6 Å². The van der Waals surface area contributed by atoms with Gasteiger partial charge in [-0.3, -0.25) is 4.79 Å². The summed E-state index contributed by atoms with van der Waals surface area (Å²) in [5.74, 6) is -0.719. The van der Waals surface area contributed by atoms with Crippen molar-refractivity contribution in [3.8, 4) is 0 Å². The predicted molar refractivity (Wildman–Crippen MR) is 134 cm³/mol. The number of alkyl halides is 3. The number of amides is 1. The Morgan fingerprint density at radius 3 is 2.59 bits per heavy atom. The zero-order valence-corrected chi connectivity index (χ0v) is 20.3. The molecule has 8 nitrogen and oxygen atoms in total. The van der Waals surface area contributed by atoms with E-state index in [4.69, 9.17) is 11.6 Å². The third-order valence-corrected chi connectivity index (χ3v) is 5.63. The topological polar surface area (TPSA) is 112 Å². The van der Waals surface area contributed by atoms with Gasteiger partial charge < -0.3 is 21.1 Å². The molecule has 0 saturated heterocycles. The molecule has 1 aliphatic carbocycles. The van der Waals surface area contributed by atoms with Crippen LogP contribution in [0.5, 0.6) is 0 Å². The van der Waals surface area contributed by atoms with E-state index < -0.39 is 24.5 Å². The molecule has 1 fully saturated rings. The SMILES string of the molecule is C=C(Cl)/C=C(\C(=C)F)c1cc(Nc2ccnc(NC(=O)C3CCC3)c2)c(NCCC(O)C(F)(F)F)nn1. The van der Waals surface area contributed by atoms with E-state index in [1.807, 2.05) is 0 Å². The number of anilines is 4. The summed E-state index contributed by atoms with van der Waals surface area (Å²) < 4.78 is 52.0. The van der Waals surface area contributed by atoms with Gasteiger partial charge in [-0.05, 0) is 37.5 Å². The first-order chi connectivity index (χ1) is 17.4. The summed E-state index contributed by atoms with van der Waals surface area (Å²) in [6.07, 6.45) is -2.64. The largest absolute Gasteiger partial charge is 0.414 e. The highest BCUT2D eigenvalue weighted by Gasteiger charge is 2.37. The third-order valence-electron chi connectivity index (χ3n) is 5.52. The number of aliphatic hydroxyl groups excluding tert-OH is 1. The highest BCUT2D eigenvalue weighted by Crippen LogP contribution is 2.31. The van der Waals surface area contributed by atoms with Crippen LogP contribution in [-0.2, 0) is 4.79 Å². The maximum Gasteiger partial charge on any atom is 0.414 e. The highest BCUT2D eigenvalue weighted by molar-refractivity contribution is 6.31. The second-order valence-electron chi connectivity index (χ2n) is 8.35. The van der Waals surface area contributed by atoms with E-state index in [-0.39, 0.29) is 46.2 Å². The first kappa shape index (κ1) is 28.1. The Kier molecular flexibility index (Phi) is 9.22. The van der Waals surface area contributed by atoms with E-state index in [9.17, 15) is 27.5 Å². The Bertz CT molecular complexity index is 1200. The summed E-state index contributed by atoms with van der Waals surface area (Å²) in [5, 5.41) is 25.6. The number of carbonyl (C=O) groups is 1. The number of allylic oxidation sites excluding steroid dienone is 4. The van der Waals surface area contributed by atoms with Crippen molar-refractivity contribution < 1.29 is 27.5 Å². The molecular formula is C24H25ClF4N6O2. The average molecular weight is 541 g/mol. The number of halogens is 5. The molecule has 0 aromatic carbocycles. The van der Waals surface area contributed by atoms with Crippen molar-refractivity contribution >= 4 is 46.1 Å². The van der Waals surface area contributed by atoms with E-state index in [0.29, 0.717) is 11.5 Å². The predicted octanol–water partition coefficient (Wildman–Crippen LogP) is 5.70. The fraction of sp³-hybridized carbons (Fsp3) is 0.333. The Morgan fingerprint density at radius 1 is 1.27 bits per heavy atom. The first-order valence-electron chi connectivity index (χ1n) is 11.3. The van der Waals surface area contributed by atoms with Crippen LogP contribution in [0, 0.1) is 5.92 Å². The molecule has 1 atom stereocenters. The van der Waals surface area contributed by atoms with Gasteiger partial charge in [0.05, 0.1) is 11.4 Å². The Hall–Kier alpha value is -3.51. The second-order valence-corrected chi connectivity index (χ2v) is 8.83. The van der Waals surface area contributed by atoms with Gasteiger partial charge in [0.25, 0.3) is 0 Å². The minimum atomic E-state index is -4.76. The molecule has 37 heavy (non-hydrogen) atoms. The quantitative estimate of drug-likeness (QED) is 0.214. The maximum atomic E-state index is 14.1. The van der Waals surface area contributed by atoms with Gasteiger partial charge in [-0.25, -0.2) is 9.37 Å². The average Bonchev–Trinajstić information content (AvgIpc) is 2.76. The molecule has 1 aliphatic rings. The molecule has 1 unspecified atom stereocenters. The first-order valence-corrected chi connectivity index (χ1v) is 11.6. The summed E-state index contributed by atoms with van der Waals surface area (Å²) in [5.41, 5.74) is 0.576. The van der Waals surface area contributed by atoms with Crippen molar-refractivity contribution in [2.75, 3.05) is 22.5 Å². The maximum absolute atomic E-state index is 14.1. The molecule has 198 valence electrons. The van der Waals surface area contributed by atoms with Crippen molar-refractivity contribution in [3.05, 3.63) is 60.2 Å². The molecule has 1 amide bonds. The van der Waals surface area contributed by atoms with Crippen LogP contribution in [0.15, 0.2) is 54.5 Å². The number of aliphatic hydroxyl groups is 1. The summed E-state index contributed by atoms with van der Waals surface area (Å²) >= 11 is 5.79. The lowest BCUT2D eigenvalue weighted by Crippen LogP contribution is -2.30. The zero-order valence-electron chi connectivity index (χ0n) is 19.6. The number of rotatable bonds is 11. The van der Waals surface area contributed by atoms with E-state index in [2.05, 4.69) is 44.3 Å². The van der Waals surface area contributed by atoms with Crippen molar-refractivity contribution in [2.45, 2.75) is 38.0 Å². The Balaban J connectivity index is 1.87. The molecule has 2 aromatic rings. The smallest absolute Gasteiger partial charge is 0.384 e. The summed E-state index contributed by atoms with van der Waals surface area (Å²) in [6, 6.07) is 4.53. The van der Waals surface area contributed by atoms with Gasteiger partial charge in [0.15, 0.2) is 11.9 Å². The lowest BCUT2D eigenvalue weighted by atomic mass is 9.85. The van der Waals surface area contributed by atoms with Crippen molar-refractivity contribution in [2.24, 2.45) is 5.92 Å². The minimum Gasteiger partial charge on any atom is -0.384 e. The molecule has 0 bridgehead atoms. The number of nitrogens with one attached hydrogen (secondary N) is 3. The van der Waals surface area contributed by atoms with Crippen LogP contribution in [0.3, 0.4) is 0 Å². The molecule has 0 aliphatic heterocycles. The van der Waals surface area contributed by atoms with Crippen molar-refractivity contribution in [3.63, 3.8) is 0 Å². The van der Waals surface area contributed by atoms with Crippen molar-refractivity contribution in [1.29, 1.82) is 0 Å². The Labute approximate surface area is 215 Å². The standard InChI is InChI=1S/C24H25ClF4N6O2/c1-13(25)10-17(14(2)26)18-12-19(22(35-34-18)31-9-7-20(36)24(27,28)29)32-16-6-8-30-21(11-16)33-23(37)15-4-3-5-15/h6,8,10-12,15,20,36H,1-5,7,9H2,(H,31,35)(H2,30,32,33,34,37)/b17-10+. The molecule has 0 radical (unpaired) electrons. The van der Waals surface area contributed by atoms with E-state index >= 15 is 0 Å². The molecule has 0 spiro atoms. The fourth-order valence-corrected chi connectivity index (χ4v) is 3.43. The highest BCUT2D eigenvalue weighted by atomic mass is 35.5. The van der Waals surface area contributed by atoms with E-state index in [1.165, 1.54) is 18.3 Å². The van der Waals surface area contributed by atoms with Gasteiger partial charge in [0, 0.05) is 41.0 Å². The molecule has 4 N–H and O–H groups in total. The number of hydrogen-bond donors (Lipinski definition) is 4. The molecule has 2 heterocycles. The van der Waals surface area contributed by atoms with Gasteiger partial charge in [-0.15, -0.1) is 10.2 Å². The van der Waals surface area contributed by atoms with Crippen LogP contribution < -0.4 is 16.0 Å². The van der Waals surface area contributed by atoms with Crippen LogP contribution >= 0.6 is 11.6 Å². The van der Waals surface area contributed by atoms with Crippen molar-refractivity contribution in [1.82, 2.24) is 15.2 Å². The third kappa shape index (κ3) is 7.99. The number of pyridine rings is 1. The van der Waals surface area contributed by atoms with Crippen LogP contribution in [-0.4, -0.2) is 45.0 Å². The summed E-state index contributed by atoms with van der Waals surface area (Å²) in [7, 11) is 0. The van der Waals surface area contributed by atoms with E-state index in [1.54, 1.807) is 12.1 Å². The van der Waals surface area contributed by atoms with Crippen LogP contribution in [0.2, 0.25) is 0 Å². The number of nitrogens with zero attached hydrogens (tertiary/aromatic N) is 3. The number of hydrogen-bond acceptors (Lipinski definition) is 7. The lowest BCUT2D eigenvalue weighted by molar-refractivity contribution is -0.204. The van der Waals surface area contributed by atoms with Gasteiger partial charge in [-0.2, -0.15) is 13.2 Å². The zero-order chi connectivity index (χ0) is 27.2. The van der Waals surface area contributed by atoms with Crippen LogP contribution in [0.25, 0.3) is 5.57 Å². The summed E-state index contributed by atoms with van der Waals surface area (Å²) in [6.45, 7) is 6.46. The fourth-order valence-electron chi connectivity index (χ4n) is 3.32. The molecule has 2 aromatic heterocycles.